The summed E-state index contributed by atoms with van der Waals surface area (Å²) in [4.78, 5) is 24.7. The summed E-state index contributed by atoms with van der Waals surface area (Å²) in [6, 6.07) is 13.3. The van der Waals surface area contributed by atoms with Crippen LogP contribution in [0.4, 0.5) is 13.2 Å². The largest absolute Gasteiger partial charge is 0.483 e. The van der Waals surface area contributed by atoms with Crippen molar-refractivity contribution in [2.75, 3.05) is 6.61 Å². The summed E-state index contributed by atoms with van der Waals surface area (Å²) in [5.74, 6) is -0.427. The van der Waals surface area contributed by atoms with Crippen LogP contribution in [0.5, 0.6) is 5.75 Å². The topological polar surface area (TPSA) is 77.0 Å². The van der Waals surface area contributed by atoms with Crippen LogP contribution in [0.25, 0.3) is 11.3 Å². The van der Waals surface area contributed by atoms with Gasteiger partial charge in [0.15, 0.2) is 6.61 Å². The molecule has 0 spiro atoms. The molecule has 2 aromatic heterocycles. The summed E-state index contributed by atoms with van der Waals surface area (Å²) >= 11 is 0. The van der Waals surface area contributed by atoms with E-state index in [9.17, 15) is 18.0 Å². The number of benzene rings is 1. The maximum Gasteiger partial charge on any atom is 0.422 e. The van der Waals surface area contributed by atoms with Crippen LogP contribution in [-0.4, -0.2) is 33.6 Å². The second-order valence-corrected chi connectivity index (χ2v) is 6.17. The van der Waals surface area contributed by atoms with Gasteiger partial charge in [0, 0.05) is 5.56 Å². The van der Waals surface area contributed by atoms with Crippen molar-refractivity contribution in [3.8, 4) is 17.0 Å². The molecule has 9 heteroatoms. The predicted molar refractivity (Wildman–Crippen MR) is 99.1 cm³/mol. The molecule has 3 aromatic rings. The molecule has 0 aliphatic rings. The standard InChI is InChI=1S/C20H17F3N4O2/c1-13(16-8-7-15(10-24-16)29-11-20(21,22)23)27-19(28)18-9-17(25-12-26-18)14-5-3-2-4-6-14/h2-10,12-13H,11H2,1H3,(H,27,28)/t13-/m1/s1. The molecule has 1 atom stereocenters. The summed E-state index contributed by atoms with van der Waals surface area (Å²) in [5.41, 5.74) is 2.13. The molecule has 150 valence electrons. The lowest BCUT2D eigenvalue weighted by Crippen LogP contribution is -2.28. The molecule has 0 aliphatic carbocycles. The Labute approximate surface area is 164 Å². The van der Waals surface area contributed by atoms with Gasteiger partial charge < -0.3 is 10.1 Å². The highest BCUT2D eigenvalue weighted by Crippen LogP contribution is 2.20. The zero-order valence-corrected chi connectivity index (χ0v) is 15.3. The normalized spacial score (nSPS) is 12.3. The number of hydrogen-bond acceptors (Lipinski definition) is 5. The van der Waals surface area contributed by atoms with E-state index in [0.29, 0.717) is 11.4 Å². The number of amides is 1. The zero-order valence-electron chi connectivity index (χ0n) is 15.3. The fraction of sp³-hybridized carbons (Fsp3) is 0.200. The number of rotatable bonds is 6. The SMILES string of the molecule is C[C@@H](NC(=O)c1cc(-c2ccccc2)ncn1)c1ccc(OCC(F)(F)F)cn1. The van der Waals surface area contributed by atoms with Crippen LogP contribution in [0, 0.1) is 0 Å². The van der Waals surface area contributed by atoms with Gasteiger partial charge in [0.25, 0.3) is 5.91 Å². The monoisotopic (exact) mass is 402 g/mol. The number of pyridine rings is 1. The molecule has 3 rings (SSSR count). The molecule has 0 saturated heterocycles. The first-order valence-electron chi connectivity index (χ1n) is 8.65. The van der Waals surface area contributed by atoms with Crippen LogP contribution in [-0.2, 0) is 0 Å². The van der Waals surface area contributed by atoms with Crippen LogP contribution in [0.1, 0.15) is 29.1 Å². The molecule has 1 aromatic carbocycles. The lowest BCUT2D eigenvalue weighted by atomic mass is 10.1. The molecule has 6 nitrogen and oxygen atoms in total. The van der Waals surface area contributed by atoms with E-state index in [1.54, 1.807) is 13.0 Å². The van der Waals surface area contributed by atoms with Crippen LogP contribution in [0.3, 0.4) is 0 Å². The first-order chi connectivity index (χ1) is 13.8. The van der Waals surface area contributed by atoms with E-state index in [4.69, 9.17) is 0 Å². The van der Waals surface area contributed by atoms with E-state index < -0.39 is 24.7 Å². The van der Waals surface area contributed by atoms with Gasteiger partial charge in [-0.15, -0.1) is 0 Å². The van der Waals surface area contributed by atoms with E-state index in [2.05, 4.69) is 25.0 Å². The van der Waals surface area contributed by atoms with Gasteiger partial charge in [-0.3, -0.25) is 9.78 Å². The Morgan fingerprint density at radius 1 is 1.10 bits per heavy atom. The van der Waals surface area contributed by atoms with Gasteiger partial charge in [-0.05, 0) is 25.1 Å². The number of hydrogen-bond donors (Lipinski definition) is 1. The van der Waals surface area contributed by atoms with Crippen LogP contribution >= 0.6 is 0 Å². The molecule has 0 aliphatic heterocycles. The summed E-state index contributed by atoms with van der Waals surface area (Å²) in [7, 11) is 0. The third kappa shape index (κ3) is 5.74. The van der Waals surface area contributed by atoms with E-state index in [1.807, 2.05) is 30.3 Å². The lowest BCUT2D eigenvalue weighted by Gasteiger charge is -2.14. The molecule has 0 radical (unpaired) electrons. The predicted octanol–water partition coefficient (Wildman–Crippen LogP) is 3.97. The Bertz CT molecular complexity index is 963. The Morgan fingerprint density at radius 2 is 1.86 bits per heavy atom. The minimum absolute atomic E-state index is 0.00657. The van der Waals surface area contributed by atoms with Crippen LogP contribution in [0.15, 0.2) is 61.1 Å². The second-order valence-electron chi connectivity index (χ2n) is 6.17. The van der Waals surface area contributed by atoms with Crippen molar-refractivity contribution >= 4 is 5.91 Å². The molecule has 0 saturated carbocycles. The number of alkyl halides is 3. The quantitative estimate of drug-likeness (QED) is 0.675. The van der Waals surface area contributed by atoms with Gasteiger partial charge in [-0.2, -0.15) is 13.2 Å². The van der Waals surface area contributed by atoms with Crippen molar-refractivity contribution < 1.29 is 22.7 Å². The first kappa shape index (κ1) is 20.2. The molecule has 1 N–H and O–H groups in total. The maximum absolute atomic E-state index is 12.5. The van der Waals surface area contributed by atoms with E-state index in [0.717, 1.165) is 5.56 Å². The third-order valence-corrected chi connectivity index (χ3v) is 3.92. The van der Waals surface area contributed by atoms with Crippen molar-refractivity contribution in [2.45, 2.75) is 19.1 Å². The van der Waals surface area contributed by atoms with E-state index in [1.165, 1.54) is 24.7 Å². The number of ether oxygens (including phenoxy) is 1. The summed E-state index contributed by atoms with van der Waals surface area (Å²) < 4.78 is 41.2. The molecular weight excluding hydrogens is 385 g/mol. The summed E-state index contributed by atoms with van der Waals surface area (Å²) in [5, 5.41) is 2.75. The number of carbonyl (C=O) groups is 1. The lowest BCUT2D eigenvalue weighted by molar-refractivity contribution is -0.153. The van der Waals surface area contributed by atoms with Crippen molar-refractivity contribution in [2.24, 2.45) is 0 Å². The first-order valence-corrected chi connectivity index (χ1v) is 8.65. The third-order valence-electron chi connectivity index (χ3n) is 3.92. The fourth-order valence-electron chi connectivity index (χ4n) is 2.49. The smallest absolute Gasteiger partial charge is 0.422 e. The minimum Gasteiger partial charge on any atom is -0.483 e. The van der Waals surface area contributed by atoms with Gasteiger partial charge in [0.05, 0.1) is 23.6 Å². The minimum atomic E-state index is -4.42. The molecule has 0 unspecified atom stereocenters. The van der Waals surface area contributed by atoms with E-state index >= 15 is 0 Å². The highest BCUT2D eigenvalue weighted by molar-refractivity contribution is 5.93. The van der Waals surface area contributed by atoms with Crippen molar-refractivity contribution in [1.29, 1.82) is 0 Å². The van der Waals surface area contributed by atoms with Gasteiger partial charge in [0.2, 0.25) is 0 Å². The van der Waals surface area contributed by atoms with Crippen molar-refractivity contribution in [1.82, 2.24) is 20.3 Å². The second kappa shape index (κ2) is 8.68. The Balaban J connectivity index is 1.65. The average molecular weight is 402 g/mol. The van der Waals surface area contributed by atoms with Gasteiger partial charge >= 0.3 is 6.18 Å². The number of aromatic nitrogens is 3. The number of halogens is 3. The molecular formula is C20H17F3N4O2. The maximum atomic E-state index is 12.5. The van der Waals surface area contributed by atoms with E-state index in [-0.39, 0.29) is 11.4 Å². The summed E-state index contributed by atoms with van der Waals surface area (Å²) in [6.07, 6.45) is -1.93. The van der Waals surface area contributed by atoms with Crippen LogP contribution < -0.4 is 10.1 Å². The molecule has 2 heterocycles. The Hall–Kier alpha value is -3.49. The highest BCUT2D eigenvalue weighted by Gasteiger charge is 2.28. The number of nitrogens with zero attached hydrogens (tertiary/aromatic N) is 3. The highest BCUT2D eigenvalue weighted by atomic mass is 19.4. The Morgan fingerprint density at radius 3 is 2.52 bits per heavy atom. The fourth-order valence-corrected chi connectivity index (χ4v) is 2.49. The van der Waals surface area contributed by atoms with Crippen molar-refractivity contribution in [3.63, 3.8) is 0 Å². The Kier molecular flexibility index (Phi) is 6.06. The molecule has 1 amide bonds. The molecule has 0 bridgehead atoms. The van der Waals surface area contributed by atoms with Crippen LogP contribution in [0.2, 0.25) is 0 Å². The van der Waals surface area contributed by atoms with Gasteiger partial charge in [-0.1, -0.05) is 30.3 Å². The summed E-state index contributed by atoms with van der Waals surface area (Å²) in [6.45, 7) is 0.313. The zero-order chi connectivity index (χ0) is 20.9. The number of carbonyl (C=O) groups excluding carboxylic acids is 1. The molecule has 0 fully saturated rings. The number of nitrogens with one attached hydrogen (secondary N) is 1. The van der Waals surface area contributed by atoms with Gasteiger partial charge in [0.1, 0.15) is 17.8 Å². The van der Waals surface area contributed by atoms with Gasteiger partial charge in [-0.25, -0.2) is 9.97 Å². The molecule has 29 heavy (non-hydrogen) atoms. The average Bonchev–Trinajstić information content (AvgIpc) is 2.73. The van der Waals surface area contributed by atoms with Crippen molar-refractivity contribution in [3.05, 3.63) is 72.4 Å².